The molecule has 3 rings (SSSR count). The molecular formula is C17H20N4O3. The van der Waals surface area contributed by atoms with Crippen molar-refractivity contribution in [3.05, 3.63) is 41.4 Å². The standard InChI is InChI=1S/C17H20N4O3/c1-11-3-5-21(6-4-11)17(23)14-8-13(9-18-10-14)16(22)19-15-7-12(2)24-20-15/h7-11H,3-6H2,1-2H3,(H,19,20,22). The van der Waals surface area contributed by atoms with E-state index in [9.17, 15) is 9.59 Å². The van der Waals surface area contributed by atoms with Crippen LogP contribution >= 0.6 is 0 Å². The van der Waals surface area contributed by atoms with E-state index in [4.69, 9.17) is 4.52 Å². The molecule has 0 unspecified atom stereocenters. The number of hydrogen-bond acceptors (Lipinski definition) is 5. The molecular weight excluding hydrogens is 308 g/mol. The Bertz CT molecular complexity index is 748. The SMILES string of the molecule is Cc1cc(NC(=O)c2cncc(C(=O)N3CCC(C)CC3)c2)no1. The molecule has 2 amide bonds. The lowest BCUT2D eigenvalue weighted by Crippen LogP contribution is -2.38. The molecule has 7 nitrogen and oxygen atoms in total. The molecule has 0 aromatic carbocycles. The summed E-state index contributed by atoms with van der Waals surface area (Å²) in [6, 6.07) is 3.19. The number of piperidine rings is 1. The number of nitrogens with one attached hydrogen (secondary N) is 1. The second-order valence-corrected chi connectivity index (χ2v) is 6.21. The van der Waals surface area contributed by atoms with E-state index in [0.29, 0.717) is 28.6 Å². The fraction of sp³-hybridized carbons (Fsp3) is 0.412. The van der Waals surface area contributed by atoms with Crippen LogP contribution < -0.4 is 5.32 Å². The van der Waals surface area contributed by atoms with Crippen LogP contribution in [0.15, 0.2) is 29.0 Å². The number of aryl methyl sites for hydroxylation is 1. The molecule has 1 aliphatic heterocycles. The second kappa shape index (κ2) is 6.82. The molecule has 24 heavy (non-hydrogen) atoms. The Hall–Kier alpha value is -2.70. The van der Waals surface area contributed by atoms with Gasteiger partial charge in [0.05, 0.1) is 11.1 Å². The van der Waals surface area contributed by atoms with Crippen LogP contribution in [0.3, 0.4) is 0 Å². The topological polar surface area (TPSA) is 88.3 Å². The van der Waals surface area contributed by atoms with Gasteiger partial charge in [-0.15, -0.1) is 0 Å². The molecule has 1 N–H and O–H groups in total. The average molecular weight is 328 g/mol. The molecule has 3 heterocycles. The maximum atomic E-state index is 12.6. The van der Waals surface area contributed by atoms with Crippen LogP contribution in [-0.4, -0.2) is 39.9 Å². The highest BCUT2D eigenvalue weighted by Crippen LogP contribution is 2.18. The Morgan fingerprint density at radius 3 is 2.58 bits per heavy atom. The Kier molecular flexibility index (Phi) is 4.59. The Balaban J connectivity index is 1.71. The van der Waals surface area contributed by atoms with Crippen LogP contribution in [0.5, 0.6) is 0 Å². The number of aromatic nitrogens is 2. The fourth-order valence-electron chi connectivity index (χ4n) is 2.69. The molecule has 2 aromatic heterocycles. The van der Waals surface area contributed by atoms with Crippen molar-refractivity contribution in [2.45, 2.75) is 26.7 Å². The van der Waals surface area contributed by atoms with E-state index >= 15 is 0 Å². The van der Waals surface area contributed by atoms with Crippen molar-refractivity contribution >= 4 is 17.6 Å². The number of amides is 2. The molecule has 0 radical (unpaired) electrons. The highest BCUT2D eigenvalue weighted by atomic mass is 16.5. The third kappa shape index (κ3) is 3.61. The van der Waals surface area contributed by atoms with Gasteiger partial charge in [-0.1, -0.05) is 12.1 Å². The number of anilines is 1. The minimum absolute atomic E-state index is 0.0821. The van der Waals surface area contributed by atoms with E-state index < -0.39 is 0 Å². The van der Waals surface area contributed by atoms with Crippen molar-refractivity contribution in [3.63, 3.8) is 0 Å². The van der Waals surface area contributed by atoms with E-state index in [2.05, 4.69) is 22.4 Å². The summed E-state index contributed by atoms with van der Waals surface area (Å²) in [5, 5.41) is 6.34. The largest absolute Gasteiger partial charge is 0.360 e. The van der Waals surface area contributed by atoms with Gasteiger partial charge in [0.2, 0.25) is 0 Å². The van der Waals surface area contributed by atoms with Gasteiger partial charge in [0.15, 0.2) is 5.82 Å². The maximum absolute atomic E-state index is 12.6. The molecule has 2 aromatic rings. The normalized spacial score (nSPS) is 15.3. The third-order valence-electron chi connectivity index (χ3n) is 4.19. The first-order valence-electron chi connectivity index (χ1n) is 8.02. The summed E-state index contributed by atoms with van der Waals surface area (Å²) in [6.07, 6.45) is 4.93. The summed E-state index contributed by atoms with van der Waals surface area (Å²) < 4.78 is 4.91. The molecule has 1 aliphatic rings. The van der Waals surface area contributed by atoms with Gasteiger partial charge < -0.3 is 14.7 Å². The van der Waals surface area contributed by atoms with Crippen molar-refractivity contribution in [2.24, 2.45) is 5.92 Å². The van der Waals surface area contributed by atoms with Gasteiger partial charge in [0.25, 0.3) is 11.8 Å². The van der Waals surface area contributed by atoms with E-state index in [0.717, 1.165) is 25.9 Å². The quantitative estimate of drug-likeness (QED) is 0.935. The lowest BCUT2D eigenvalue weighted by molar-refractivity contribution is 0.0697. The van der Waals surface area contributed by atoms with Crippen LogP contribution in [0, 0.1) is 12.8 Å². The molecule has 0 saturated carbocycles. The molecule has 7 heteroatoms. The van der Waals surface area contributed by atoms with Gasteiger partial charge in [-0.25, -0.2) is 0 Å². The highest BCUT2D eigenvalue weighted by molar-refractivity contribution is 6.05. The van der Waals surface area contributed by atoms with E-state index in [1.54, 1.807) is 19.1 Å². The number of carbonyl (C=O) groups is 2. The number of likely N-dealkylation sites (tertiary alicyclic amines) is 1. The second-order valence-electron chi connectivity index (χ2n) is 6.21. The fourth-order valence-corrected chi connectivity index (χ4v) is 2.69. The summed E-state index contributed by atoms with van der Waals surface area (Å²) in [4.78, 5) is 30.7. The molecule has 1 saturated heterocycles. The molecule has 126 valence electrons. The summed E-state index contributed by atoms with van der Waals surface area (Å²) in [5.74, 6) is 1.13. The zero-order valence-corrected chi connectivity index (χ0v) is 13.8. The van der Waals surface area contributed by atoms with Crippen LogP contribution in [-0.2, 0) is 0 Å². The molecule has 0 aliphatic carbocycles. The van der Waals surface area contributed by atoms with Crippen LogP contribution in [0.1, 0.15) is 46.2 Å². The number of carbonyl (C=O) groups excluding carboxylic acids is 2. The van der Waals surface area contributed by atoms with Crippen molar-refractivity contribution < 1.29 is 14.1 Å². The average Bonchev–Trinajstić information content (AvgIpc) is 3.00. The predicted octanol–water partition coefficient (Wildman–Crippen LogP) is 2.50. The summed E-state index contributed by atoms with van der Waals surface area (Å²) >= 11 is 0. The van der Waals surface area contributed by atoms with Gasteiger partial charge in [-0.05, 0) is 31.7 Å². The van der Waals surface area contributed by atoms with Gasteiger partial charge in [0, 0.05) is 31.5 Å². The van der Waals surface area contributed by atoms with Crippen molar-refractivity contribution in [2.75, 3.05) is 18.4 Å². The highest BCUT2D eigenvalue weighted by Gasteiger charge is 2.22. The predicted molar refractivity (Wildman–Crippen MR) is 87.7 cm³/mol. The first-order valence-corrected chi connectivity index (χ1v) is 8.02. The minimum Gasteiger partial charge on any atom is -0.360 e. The molecule has 1 fully saturated rings. The van der Waals surface area contributed by atoms with Crippen LogP contribution in [0.4, 0.5) is 5.82 Å². The molecule has 0 bridgehead atoms. The Labute approximate surface area is 140 Å². The van der Waals surface area contributed by atoms with E-state index in [1.165, 1.54) is 12.4 Å². The van der Waals surface area contributed by atoms with Crippen molar-refractivity contribution in [3.8, 4) is 0 Å². The maximum Gasteiger partial charge on any atom is 0.258 e. The van der Waals surface area contributed by atoms with Gasteiger partial charge in [-0.2, -0.15) is 0 Å². The number of pyridine rings is 1. The first kappa shape index (κ1) is 16.2. The summed E-state index contributed by atoms with van der Waals surface area (Å²) in [6.45, 7) is 5.42. The zero-order valence-electron chi connectivity index (χ0n) is 13.8. The van der Waals surface area contributed by atoms with E-state index in [-0.39, 0.29) is 11.8 Å². The van der Waals surface area contributed by atoms with Gasteiger partial charge >= 0.3 is 0 Å². The minimum atomic E-state index is -0.377. The van der Waals surface area contributed by atoms with Gasteiger partial charge in [0.1, 0.15) is 5.76 Å². The Morgan fingerprint density at radius 2 is 1.92 bits per heavy atom. The number of nitrogens with zero attached hydrogens (tertiary/aromatic N) is 3. The summed E-state index contributed by atoms with van der Waals surface area (Å²) in [7, 11) is 0. The van der Waals surface area contributed by atoms with Crippen LogP contribution in [0.25, 0.3) is 0 Å². The smallest absolute Gasteiger partial charge is 0.258 e. The monoisotopic (exact) mass is 328 g/mol. The van der Waals surface area contributed by atoms with Gasteiger partial charge in [-0.3, -0.25) is 14.6 Å². The zero-order chi connectivity index (χ0) is 17.1. The lowest BCUT2D eigenvalue weighted by Gasteiger charge is -2.30. The first-order chi connectivity index (χ1) is 11.5. The molecule has 0 atom stereocenters. The van der Waals surface area contributed by atoms with Crippen LogP contribution in [0.2, 0.25) is 0 Å². The summed E-state index contributed by atoms with van der Waals surface area (Å²) in [5.41, 5.74) is 0.736. The number of hydrogen-bond donors (Lipinski definition) is 1. The number of rotatable bonds is 3. The van der Waals surface area contributed by atoms with Crippen molar-refractivity contribution in [1.82, 2.24) is 15.0 Å². The third-order valence-corrected chi connectivity index (χ3v) is 4.19. The Morgan fingerprint density at radius 1 is 1.21 bits per heavy atom. The lowest BCUT2D eigenvalue weighted by atomic mass is 9.98. The van der Waals surface area contributed by atoms with Crippen molar-refractivity contribution in [1.29, 1.82) is 0 Å². The molecule has 0 spiro atoms. The van der Waals surface area contributed by atoms with E-state index in [1.807, 2.05) is 4.90 Å².